The van der Waals surface area contributed by atoms with Gasteiger partial charge in [0.05, 0.1) is 16.2 Å². The van der Waals surface area contributed by atoms with Gasteiger partial charge in [-0.3, -0.25) is 0 Å². The number of aliphatic hydroxyl groups is 1. The molecule has 0 aliphatic carbocycles. The molecule has 26 heavy (non-hydrogen) atoms. The zero-order chi connectivity index (χ0) is 19.0. The minimum absolute atomic E-state index is 0. The third-order valence-electron chi connectivity index (χ3n) is 5.00. The molecule has 2 unspecified atom stereocenters. The molecule has 0 saturated carbocycles. The molecule has 0 bridgehead atoms. The van der Waals surface area contributed by atoms with E-state index >= 15 is 0 Å². The van der Waals surface area contributed by atoms with E-state index in [9.17, 15) is 18.1 Å². The van der Waals surface area contributed by atoms with Crippen LogP contribution in [0.25, 0.3) is 0 Å². The van der Waals surface area contributed by atoms with Crippen molar-refractivity contribution in [3.8, 4) is 0 Å². The Morgan fingerprint density at radius 3 is 1.62 bits per heavy atom. The van der Waals surface area contributed by atoms with Crippen molar-refractivity contribution >= 4 is 10.1 Å². The zero-order valence-corrected chi connectivity index (χ0v) is 20.4. The second kappa shape index (κ2) is 19.2. The summed E-state index contributed by atoms with van der Waals surface area (Å²) >= 11 is 0. The van der Waals surface area contributed by atoms with Crippen LogP contribution in [0.3, 0.4) is 0 Å². The molecule has 0 aromatic carbocycles. The van der Waals surface area contributed by atoms with Crippen molar-refractivity contribution in [2.75, 3.05) is 0 Å². The van der Waals surface area contributed by atoms with E-state index in [-0.39, 0.29) is 29.6 Å². The van der Waals surface area contributed by atoms with Gasteiger partial charge in [-0.25, -0.2) is 8.42 Å². The molecule has 0 aliphatic rings. The Morgan fingerprint density at radius 2 is 1.15 bits per heavy atom. The molecular formula is C20H41NaO4S. The van der Waals surface area contributed by atoms with Gasteiger partial charge in [-0.05, 0) is 25.7 Å². The summed E-state index contributed by atoms with van der Waals surface area (Å²) in [5.74, 6) is 0. The van der Waals surface area contributed by atoms with Crippen LogP contribution in [0.5, 0.6) is 0 Å². The van der Waals surface area contributed by atoms with Gasteiger partial charge in [0.25, 0.3) is 0 Å². The molecule has 0 radical (unpaired) electrons. The molecule has 0 aliphatic heterocycles. The SMILES string of the molecule is CCCCCCCCCCCCC(O)CCC(CCCC)S(=O)(=O)[O-].[Na+]. The van der Waals surface area contributed by atoms with Crippen LogP contribution in [0.4, 0.5) is 0 Å². The summed E-state index contributed by atoms with van der Waals surface area (Å²) in [5.41, 5.74) is 0. The Kier molecular flexibility index (Phi) is 21.5. The predicted octanol–water partition coefficient (Wildman–Crippen LogP) is 2.55. The molecule has 0 aromatic rings. The number of rotatable bonds is 18. The van der Waals surface area contributed by atoms with Crippen LogP contribution >= 0.6 is 0 Å². The molecule has 0 fully saturated rings. The van der Waals surface area contributed by atoms with Gasteiger partial charge in [0.2, 0.25) is 0 Å². The summed E-state index contributed by atoms with van der Waals surface area (Å²) in [6.07, 6.45) is 15.6. The van der Waals surface area contributed by atoms with Crippen molar-refractivity contribution in [3.05, 3.63) is 0 Å². The largest absolute Gasteiger partial charge is 1.00 e. The Bertz CT molecular complexity index is 387. The van der Waals surface area contributed by atoms with Crippen LogP contribution in [0, 0.1) is 0 Å². The Morgan fingerprint density at radius 1 is 0.692 bits per heavy atom. The Labute approximate surface area is 185 Å². The molecule has 0 rings (SSSR count). The predicted molar refractivity (Wildman–Crippen MR) is 105 cm³/mol. The first kappa shape index (κ1) is 29.1. The summed E-state index contributed by atoms with van der Waals surface area (Å²) in [7, 11) is -4.24. The van der Waals surface area contributed by atoms with Gasteiger partial charge in [0.15, 0.2) is 0 Å². The summed E-state index contributed by atoms with van der Waals surface area (Å²) in [6.45, 7) is 4.22. The van der Waals surface area contributed by atoms with E-state index in [0.29, 0.717) is 19.3 Å². The fourth-order valence-corrected chi connectivity index (χ4v) is 4.13. The van der Waals surface area contributed by atoms with E-state index in [1.165, 1.54) is 51.4 Å². The van der Waals surface area contributed by atoms with Gasteiger partial charge in [0, 0.05) is 5.25 Å². The van der Waals surface area contributed by atoms with Gasteiger partial charge < -0.3 is 9.66 Å². The first-order valence-corrected chi connectivity index (χ1v) is 12.0. The molecule has 0 aromatic heterocycles. The number of unbranched alkanes of at least 4 members (excludes halogenated alkanes) is 10. The van der Waals surface area contributed by atoms with Crippen molar-refractivity contribution in [2.24, 2.45) is 0 Å². The minimum atomic E-state index is -4.24. The van der Waals surface area contributed by atoms with Crippen molar-refractivity contribution in [1.82, 2.24) is 0 Å². The Hall–Kier alpha value is 0.870. The van der Waals surface area contributed by atoms with E-state index < -0.39 is 21.5 Å². The minimum Gasteiger partial charge on any atom is -0.748 e. The summed E-state index contributed by atoms with van der Waals surface area (Å²) < 4.78 is 33.8. The smallest absolute Gasteiger partial charge is 0.748 e. The average Bonchev–Trinajstić information content (AvgIpc) is 2.55. The summed E-state index contributed by atoms with van der Waals surface area (Å²) in [4.78, 5) is 0. The quantitative estimate of drug-likeness (QED) is 0.218. The second-order valence-corrected chi connectivity index (χ2v) is 9.11. The van der Waals surface area contributed by atoms with Crippen LogP contribution < -0.4 is 29.6 Å². The Balaban J connectivity index is 0. The first-order chi connectivity index (χ1) is 11.9. The second-order valence-electron chi connectivity index (χ2n) is 7.46. The third-order valence-corrected chi connectivity index (χ3v) is 6.29. The zero-order valence-electron chi connectivity index (χ0n) is 17.5. The molecule has 1 N–H and O–H groups in total. The number of hydrogen-bond donors (Lipinski definition) is 1. The van der Waals surface area contributed by atoms with Crippen LogP contribution in [-0.4, -0.2) is 29.4 Å². The normalized spacial score (nSPS) is 14.0. The van der Waals surface area contributed by atoms with Crippen LogP contribution in [0.15, 0.2) is 0 Å². The molecule has 0 spiro atoms. The van der Waals surface area contributed by atoms with E-state index in [4.69, 9.17) is 0 Å². The summed E-state index contributed by atoms with van der Waals surface area (Å²) in [6, 6.07) is 0. The van der Waals surface area contributed by atoms with E-state index in [0.717, 1.165) is 32.1 Å². The van der Waals surface area contributed by atoms with Gasteiger partial charge in [-0.1, -0.05) is 90.9 Å². The fourth-order valence-electron chi connectivity index (χ4n) is 3.25. The molecule has 2 atom stereocenters. The maximum Gasteiger partial charge on any atom is 1.00 e. The molecule has 0 amide bonds. The van der Waals surface area contributed by atoms with Gasteiger partial charge >= 0.3 is 29.6 Å². The summed E-state index contributed by atoms with van der Waals surface area (Å²) in [5, 5.41) is 9.19. The maximum absolute atomic E-state index is 11.3. The molecule has 0 saturated heterocycles. The molecule has 152 valence electrons. The van der Waals surface area contributed by atoms with Crippen molar-refractivity contribution in [2.45, 2.75) is 128 Å². The average molecular weight is 401 g/mol. The fraction of sp³-hybridized carbons (Fsp3) is 1.00. The van der Waals surface area contributed by atoms with E-state index in [2.05, 4.69) is 6.92 Å². The molecule has 4 nitrogen and oxygen atoms in total. The molecule has 6 heteroatoms. The standard InChI is InChI=1S/C20H42O4S.Na/c1-3-5-7-8-9-10-11-12-13-14-15-19(21)17-18-20(16-6-4-2)25(22,23)24;/h19-21H,3-18H2,1-2H3,(H,22,23,24);/q;+1/p-1. The van der Waals surface area contributed by atoms with Crippen molar-refractivity contribution in [1.29, 1.82) is 0 Å². The number of aliphatic hydroxyl groups excluding tert-OH is 1. The van der Waals surface area contributed by atoms with Gasteiger partial charge in [0.1, 0.15) is 0 Å². The monoisotopic (exact) mass is 400 g/mol. The third kappa shape index (κ3) is 18.2. The molecule has 0 heterocycles. The van der Waals surface area contributed by atoms with E-state index in [1.54, 1.807) is 0 Å². The van der Waals surface area contributed by atoms with Crippen LogP contribution in [-0.2, 0) is 10.1 Å². The first-order valence-electron chi connectivity index (χ1n) is 10.5. The van der Waals surface area contributed by atoms with Crippen molar-refractivity contribution < 1.29 is 47.6 Å². The van der Waals surface area contributed by atoms with Gasteiger partial charge in [-0.2, -0.15) is 0 Å². The van der Waals surface area contributed by atoms with Gasteiger partial charge in [-0.15, -0.1) is 0 Å². The maximum atomic E-state index is 11.3. The van der Waals surface area contributed by atoms with E-state index in [1.807, 2.05) is 6.92 Å². The van der Waals surface area contributed by atoms with Crippen molar-refractivity contribution in [3.63, 3.8) is 0 Å². The number of hydrogen-bond acceptors (Lipinski definition) is 4. The topological polar surface area (TPSA) is 77.4 Å². The van der Waals surface area contributed by atoms with Crippen LogP contribution in [0.2, 0.25) is 0 Å². The van der Waals surface area contributed by atoms with Crippen LogP contribution in [0.1, 0.15) is 117 Å². The molecular weight excluding hydrogens is 359 g/mol.